The monoisotopic (exact) mass is 271 g/mol. The lowest BCUT2D eigenvalue weighted by molar-refractivity contribution is 0.264. The van der Waals surface area contributed by atoms with Crippen LogP contribution in [0, 0.1) is 6.92 Å². The predicted octanol–water partition coefficient (Wildman–Crippen LogP) is 2.72. The second-order valence-corrected chi connectivity index (χ2v) is 5.87. The molecular weight excluding hydrogens is 254 g/mol. The number of hydrogen-bond donors (Lipinski definition) is 0. The molecule has 5 heteroatoms. The van der Waals surface area contributed by atoms with E-state index in [0.717, 1.165) is 35.8 Å². The highest BCUT2D eigenvalue weighted by Gasteiger charge is 2.24. The molecule has 0 amide bonds. The van der Waals surface area contributed by atoms with Gasteiger partial charge in [0.25, 0.3) is 0 Å². The molecule has 1 atom stereocenters. The highest BCUT2D eigenvalue weighted by Crippen LogP contribution is 2.28. The third-order valence-electron chi connectivity index (χ3n) is 3.23. The summed E-state index contributed by atoms with van der Waals surface area (Å²) in [6, 6.07) is 0.302. The number of thioether (sulfide) groups is 1. The van der Waals surface area contributed by atoms with Crippen molar-refractivity contribution in [3.05, 3.63) is 22.2 Å². The first-order chi connectivity index (χ1) is 8.13. The van der Waals surface area contributed by atoms with Crippen LogP contribution < -0.4 is 0 Å². The van der Waals surface area contributed by atoms with Crippen LogP contribution in [0.4, 0.5) is 0 Å². The van der Waals surface area contributed by atoms with E-state index in [0.29, 0.717) is 11.2 Å². The van der Waals surface area contributed by atoms with Crippen LogP contribution >= 0.6 is 23.4 Å². The molecule has 1 aromatic heterocycles. The highest BCUT2D eigenvalue weighted by molar-refractivity contribution is 7.99. The summed E-state index contributed by atoms with van der Waals surface area (Å²) in [4.78, 5) is 11.4. The van der Waals surface area contributed by atoms with Gasteiger partial charge >= 0.3 is 0 Å². The van der Waals surface area contributed by atoms with Crippen molar-refractivity contribution in [2.45, 2.75) is 26.3 Å². The molecule has 1 aliphatic heterocycles. The standard InChI is InChI=1S/C12H18ClN3S/c1-4-9-8(2)14-12(15-11(9)13)10-7-17-6-5-16(10)3/h10H,4-7H2,1-3H3. The van der Waals surface area contributed by atoms with Gasteiger partial charge in [-0.1, -0.05) is 18.5 Å². The molecule has 1 fully saturated rings. The van der Waals surface area contributed by atoms with Gasteiger partial charge in [-0.05, 0) is 20.4 Å². The van der Waals surface area contributed by atoms with Crippen LogP contribution in [0.1, 0.15) is 30.0 Å². The first-order valence-electron chi connectivity index (χ1n) is 5.94. The molecule has 1 aliphatic rings. The van der Waals surface area contributed by atoms with Crippen molar-refractivity contribution in [2.75, 3.05) is 25.1 Å². The van der Waals surface area contributed by atoms with E-state index in [1.54, 1.807) is 0 Å². The van der Waals surface area contributed by atoms with Crippen LogP contribution in [-0.2, 0) is 6.42 Å². The largest absolute Gasteiger partial charge is 0.295 e. The summed E-state index contributed by atoms with van der Waals surface area (Å²) < 4.78 is 0. The van der Waals surface area contributed by atoms with Crippen LogP contribution in [0.15, 0.2) is 0 Å². The highest BCUT2D eigenvalue weighted by atomic mass is 35.5. The SMILES string of the molecule is CCc1c(C)nc(C2CSCCN2C)nc1Cl. The fourth-order valence-electron chi connectivity index (χ4n) is 2.09. The molecule has 1 unspecified atom stereocenters. The van der Waals surface area contributed by atoms with Crippen LogP contribution in [0.5, 0.6) is 0 Å². The van der Waals surface area contributed by atoms with Gasteiger partial charge in [0.05, 0.1) is 6.04 Å². The Hall–Kier alpha value is -0.320. The normalized spacial score (nSPS) is 21.8. The van der Waals surface area contributed by atoms with Crippen LogP contribution in [-0.4, -0.2) is 40.0 Å². The summed E-state index contributed by atoms with van der Waals surface area (Å²) in [6.07, 6.45) is 0.889. The molecule has 1 saturated heterocycles. The van der Waals surface area contributed by atoms with Crippen molar-refractivity contribution in [3.63, 3.8) is 0 Å². The van der Waals surface area contributed by atoms with Gasteiger partial charge in [-0.25, -0.2) is 9.97 Å². The fraction of sp³-hybridized carbons (Fsp3) is 0.667. The Labute approximate surface area is 112 Å². The van der Waals surface area contributed by atoms with Gasteiger partial charge in [0.2, 0.25) is 0 Å². The maximum atomic E-state index is 6.23. The Morgan fingerprint density at radius 2 is 2.24 bits per heavy atom. The van der Waals surface area contributed by atoms with Crippen LogP contribution in [0.3, 0.4) is 0 Å². The van der Waals surface area contributed by atoms with Crippen molar-refractivity contribution < 1.29 is 0 Å². The maximum Gasteiger partial charge on any atom is 0.148 e. The summed E-state index contributed by atoms with van der Waals surface area (Å²) in [5, 5.41) is 0.624. The lowest BCUT2D eigenvalue weighted by Gasteiger charge is -2.31. The molecule has 0 bridgehead atoms. The molecule has 2 rings (SSSR count). The zero-order valence-corrected chi connectivity index (χ0v) is 12.1. The van der Waals surface area contributed by atoms with E-state index in [-0.39, 0.29) is 0 Å². The summed E-state index contributed by atoms with van der Waals surface area (Å²) >= 11 is 8.18. The van der Waals surface area contributed by atoms with Gasteiger partial charge in [0.1, 0.15) is 11.0 Å². The van der Waals surface area contributed by atoms with E-state index in [9.17, 15) is 0 Å². The third-order valence-corrected chi connectivity index (χ3v) is 4.56. The quantitative estimate of drug-likeness (QED) is 0.774. The van der Waals surface area contributed by atoms with Crippen LogP contribution in [0.25, 0.3) is 0 Å². The number of rotatable bonds is 2. The van der Waals surface area contributed by atoms with Crippen molar-refractivity contribution in [1.82, 2.24) is 14.9 Å². The second-order valence-electron chi connectivity index (χ2n) is 4.36. The number of nitrogens with zero attached hydrogens (tertiary/aromatic N) is 3. The minimum absolute atomic E-state index is 0.302. The average molecular weight is 272 g/mol. The van der Waals surface area contributed by atoms with Crippen LogP contribution in [0.2, 0.25) is 5.15 Å². The lowest BCUT2D eigenvalue weighted by atomic mass is 10.2. The van der Waals surface area contributed by atoms with E-state index in [1.807, 2.05) is 18.7 Å². The summed E-state index contributed by atoms with van der Waals surface area (Å²) in [5.74, 6) is 3.12. The van der Waals surface area contributed by atoms with Gasteiger partial charge in [-0.3, -0.25) is 4.90 Å². The molecule has 2 heterocycles. The number of aromatic nitrogens is 2. The molecule has 0 aliphatic carbocycles. The Balaban J connectivity index is 2.32. The second kappa shape index (κ2) is 5.55. The molecule has 1 aromatic rings. The van der Waals surface area contributed by atoms with E-state index in [2.05, 4.69) is 28.8 Å². The van der Waals surface area contributed by atoms with E-state index in [4.69, 9.17) is 11.6 Å². The van der Waals surface area contributed by atoms with Crippen molar-refractivity contribution in [1.29, 1.82) is 0 Å². The third kappa shape index (κ3) is 2.75. The summed E-state index contributed by atoms with van der Waals surface area (Å²) in [5.41, 5.74) is 2.09. The number of halogens is 1. The Morgan fingerprint density at radius 1 is 1.47 bits per heavy atom. The minimum Gasteiger partial charge on any atom is -0.295 e. The first kappa shape index (κ1) is 13.1. The molecule has 3 nitrogen and oxygen atoms in total. The Kier molecular flexibility index (Phi) is 4.28. The van der Waals surface area contributed by atoms with Gasteiger partial charge < -0.3 is 0 Å². The molecule has 0 aromatic carbocycles. The zero-order chi connectivity index (χ0) is 12.4. The van der Waals surface area contributed by atoms with Gasteiger partial charge in [-0.15, -0.1) is 0 Å². The van der Waals surface area contributed by atoms with Gasteiger partial charge in [-0.2, -0.15) is 11.8 Å². The number of aryl methyl sites for hydroxylation is 1. The molecule has 0 N–H and O–H groups in total. The Morgan fingerprint density at radius 3 is 2.82 bits per heavy atom. The molecule has 0 spiro atoms. The lowest BCUT2D eigenvalue weighted by Crippen LogP contribution is -2.34. The van der Waals surface area contributed by atoms with E-state index in [1.165, 1.54) is 5.75 Å². The average Bonchev–Trinajstić information content (AvgIpc) is 2.29. The smallest absolute Gasteiger partial charge is 0.148 e. The summed E-state index contributed by atoms with van der Waals surface area (Å²) in [7, 11) is 2.13. The number of hydrogen-bond acceptors (Lipinski definition) is 4. The topological polar surface area (TPSA) is 29.0 Å². The molecule has 94 valence electrons. The predicted molar refractivity (Wildman–Crippen MR) is 73.9 cm³/mol. The van der Waals surface area contributed by atoms with E-state index >= 15 is 0 Å². The van der Waals surface area contributed by atoms with Crippen molar-refractivity contribution in [2.24, 2.45) is 0 Å². The Bertz CT molecular complexity index is 388. The maximum absolute atomic E-state index is 6.23. The minimum atomic E-state index is 0.302. The van der Waals surface area contributed by atoms with Gasteiger partial charge in [0, 0.05) is 29.3 Å². The summed E-state index contributed by atoms with van der Waals surface area (Å²) in [6.45, 7) is 5.19. The molecular formula is C12H18ClN3S. The van der Waals surface area contributed by atoms with Gasteiger partial charge in [0.15, 0.2) is 0 Å². The van der Waals surface area contributed by atoms with E-state index < -0.39 is 0 Å². The zero-order valence-electron chi connectivity index (χ0n) is 10.5. The van der Waals surface area contributed by atoms with Crippen molar-refractivity contribution >= 4 is 23.4 Å². The molecule has 0 saturated carbocycles. The first-order valence-corrected chi connectivity index (χ1v) is 7.47. The molecule has 0 radical (unpaired) electrons. The molecule has 17 heavy (non-hydrogen) atoms. The van der Waals surface area contributed by atoms with Crippen molar-refractivity contribution in [3.8, 4) is 0 Å². The fourth-order valence-corrected chi connectivity index (χ4v) is 3.66.